The van der Waals surface area contributed by atoms with Crippen LogP contribution < -0.4 is 9.03 Å². The SMILES string of the molecule is CCC1CCc2cc(O)c(N3CC(=O)N[S+]3[O-])c(F)c2C1. The molecule has 1 fully saturated rings. The molecule has 1 heterocycles. The van der Waals surface area contributed by atoms with Gasteiger partial charge in [0.1, 0.15) is 5.75 Å². The van der Waals surface area contributed by atoms with Gasteiger partial charge in [-0.25, -0.2) is 4.39 Å². The van der Waals surface area contributed by atoms with Crippen LogP contribution in [0.4, 0.5) is 10.1 Å². The molecule has 114 valence electrons. The highest BCUT2D eigenvalue weighted by molar-refractivity contribution is 7.92. The van der Waals surface area contributed by atoms with E-state index in [2.05, 4.69) is 11.6 Å². The zero-order valence-corrected chi connectivity index (χ0v) is 12.5. The van der Waals surface area contributed by atoms with Crippen molar-refractivity contribution in [2.24, 2.45) is 5.92 Å². The van der Waals surface area contributed by atoms with Gasteiger partial charge in [0, 0.05) is 0 Å². The summed E-state index contributed by atoms with van der Waals surface area (Å²) in [5, 5.41) is 10.1. The number of aromatic hydroxyl groups is 1. The van der Waals surface area contributed by atoms with Crippen molar-refractivity contribution in [3.05, 3.63) is 23.0 Å². The van der Waals surface area contributed by atoms with Crippen molar-refractivity contribution in [3.8, 4) is 5.75 Å². The number of carbonyl (C=O) groups is 1. The van der Waals surface area contributed by atoms with Crippen LogP contribution in [0.3, 0.4) is 0 Å². The summed E-state index contributed by atoms with van der Waals surface area (Å²) in [6.45, 7) is 1.86. The van der Waals surface area contributed by atoms with Crippen molar-refractivity contribution >= 4 is 23.1 Å². The zero-order valence-electron chi connectivity index (χ0n) is 11.7. The smallest absolute Gasteiger partial charge is 0.287 e. The number of nitrogens with zero attached hydrogens (tertiary/aromatic N) is 1. The van der Waals surface area contributed by atoms with E-state index in [0.717, 1.165) is 29.1 Å². The summed E-state index contributed by atoms with van der Waals surface area (Å²) in [7, 11) is 0. The summed E-state index contributed by atoms with van der Waals surface area (Å²) in [6, 6.07) is 1.54. The Morgan fingerprint density at radius 1 is 1.62 bits per heavy atom. The lowest BCUT2D eigenvalue weighted by atomic mass is 9.82. The number of fused-ring (bicyclic) bond motifs is 1. The molecule has 2 aliphatic rings. The predicted molar refractivity (Wildman–Crippen MR) is 77.5 cm³/mol. The third kappa shape index (κ3) is 2.44. The second-order valence-electron chi connectivity index (χ2n) is 5.52. The van der Waals surface area contributed by atoms with Crippen molar-refractivity contribution in [3.63, 3.8) is 0 Å². The van der Waals surface area contributed by atoms with Crippen LogP contribution in [-0.2, 0) is 29.2 Å². The molecule has 0 radical (unpaired) electrons. The third-order valence-corrected chi connectivity index (χ3v) is 5.36. The molecule has 5 nitrogen and oxygen atoms in total. The number of phenolic OH excluding ortho intramolecular Hbond substituents is 1. The van der Waals surface area contributed by atoms with E-state index in [-0.39, 0.29) is 18.0 Å². The van der Waals surface area contributed by atoms with Crippen molar-refractivity contribution in [2.75, 3.05) is 10.8 Å². The van der Waals surface area contributed by atoms with E-state index < -0.39 is 23.3 Å². The normalized spacial score (nSPS) is 24.9. The van der Waals surface area contributed by atoms with Gasteiger partial charge in [-0.3, -0.25) is 4.79 Å². The van der Waals surface area contributed by atoms with Gasteiger partial charge in [0.25, 0.3) is 5.91 Å². The molecule has 0 aromatic heterocycles. The molecule has 0 bridgehead atoms. The molecule has 21 heavy (non-hydrogen) atoms. The summed E-state index contributed by atoms with van der Waals surface area (Å²) < 4.78 is 29.9. The highest BCUT2D eigenvalue weighted by Gasteiger charge is 2.39. The average molecular weight is 312 g/mol. The number of halogens is 1. The Bertz CT molecular complexity index is 596. The van der Waals surface area contributed by atoms with Gasteiger partial charge in [-0.2, -0.15) is 4.31 Å². The lowest BCUT2D eigenvalue weighted by Gasteiger charge is -2.26. The fourth-order valence-electron chi connectivity index (χ4n) is 3.03. The first kappa shape index (κ1) is 14.5. The maximum atomic E-state index is 14.8. The third-order valence-electron chi connectivity index (χ3n) is 4.24. The number of nitrogens with one attached hydrogen (secondary N) is 1. The molecule has 1 saturated heterocycles. The Morgan fingerprint density at radius 3 is 3.00 bits per heavy atom. The number of hydrogen-bond acceptors (Lipinski definition) is 4. The van der Waals surface area contributed by atoms with Gasteiger partial charge in [-0.1, -0.05) is 13.3 Å². The van der Waals surface area contributed by atoms with Crippen molar-refractivity contribution < 1.29 is 18.8 Å². The lowest BCUT2D eigenvalue weighted by Crippen LogP contribution is -2.31. The van der Waals surface area contributed by atoms with Crippen LogP contribution in [0.15, 0.2) is 6.07 Å². The Hall–Kier alpha value is -1.47. The maximum Gasteiger partial charge on any atom is 0.287 e. The topological polar surface area (TPSA) is 75.6 Å². The summed E-state index contributed by atoms with van der Waals surface area (Å²) in [5.74, 6) is -0.830. The minimum atomic E-state index is -1.84. The monoisotopic (exact) mass is 312 g/mol. The first-order chi connectivity index (χ1) is 10.0. The summed E-state index contributed by atoms with van der Waals surface area (Å²) >= 11 is -1.84. The highest BCUT2D eigenvalue weighted by atomic mass is 32.2. The molecule has 2 N–H and O–H groups in total. The Morgan fingerprint density at radius 2 is 2.38 bits per heavy atom. The van der Waals surface area contributed by atoms with E-state index in [1.54, 1.807) is 6.07 Å². The fraction of sp³-hybridized carbons (Fsp3) is 0.500. The van der Waals surface area contributed by atoms with Gasteiger partial charge in [-0.15, -0.1) is 4.72 Å². The van der Waals surface area contributed by atoms with Gasteiger partial charge in [0.05, 0.1) is 0 Å². The Labute approximate surface area is 125 Å². The van der Waals surface area contributed by atoms with Gasteiger partial charge in [-0.05, 0) is 42.4 Å². The number of phenols is 1. The Balaban J connectivity index is 2.04. The van der Waals surface area contributed by atoms with E-state index in [1.165, 1.54) is 0 Å². The molecule has 0 saturated carbocycles. The second-order valence-corrected chi connectivity index (χ2v) is 6.67. The minimum Gasteiger partial charge on any atom is -0.568 e. The number of amides is 1. The van der Waals surface area contributed by atoms with Crippen LogP contribution in [-0.4, -0.2) is 22.1 Å². The maximum absolute atomic E-state index is 14.8. The van der Waals surface area contributed by atoms with Gasteiger partial charge < -0.3 is 9.66 Å². The average Bonchev–Trinajstić information content (AvgIpc) is 2.77. The van der Waals surface area contributed by atoms with Crippen molar-refractivity contribution in [2.45, 2.75) is 32.6 Å². The van der Waals surface area contributed by atoms with Crippen LogP contribution >= 0.6 is 0 Å². The largest absolute Gasteiger partial charge is 0.568 e. The fourth-order valence-corrected chi connectivity index (χ4v) is 3.98. The first-order valence-corrected chi connectivity index (χ1v) is 8.14. The van der Waals surface area contributed by atoms with E-state index in [0.29, 0.717) is 17.9 Å². The van der Waals surface area contributed by atoms with E-state index in [9.17, 15) is 18.8 Å². The standard InChI is InChI=1S/C14H17FN2O3S/c1-2-8-3-4-9-6-11(18)14(13(15)10(9)5-8)17-7-12(19)16-21(17)20/h6,8,18H,2-5,7H2,1H3,(H,16,19). The predicted octanol–water partition coefficient (Wildman–Crippen LogP) is 1.56. The highest BCUT2D eigenvalue weighted by Crippen LogP contribution is 2.40. The van der Waals surface area contributed by atoms with Crippen molar-refractivity contribution in [1.29, 1.82) is 0 Å². The van der Waals surface area contributed by atoms with Crippen LogP contribution in [0, 0.1) is 11.7 Å². The van der Waals surface area contributed by atoms with E-state index in [4.69, 9.17) is 0 Å². The molecule has 1 aliphatic carbocycles. The number of anilines is 1. The first-order valence-electron chi connectivity index (χ1n) is 7.03. The van der Waals surface area contributed by atoms with E-state index >= 15 is 0 Å². The molecule has 1 aromatic rings. The molecule has 2 unspecified atom stereocenters. The minimum absolute atomic E-state index is 0.137. The molecular weight excluding hydrogens is 295 g/mol. The molecule has 2 atom stereocenters. The molecule has 0 spiro atoms. The molecule has 1 aliphatic heterocycles. The number of carbonyl (C=O) groups excluding carboxylic acids is 1. The molecule has 1 aromatic carbocycles. The molecule has 1 amide bonds. The second kappa shape index (κ2) is 5.38. The van der Waals surface area contributed by atoms with E-state index in [1.807, 2.05) is 0 Å². The quantitative estimate of drug-likeness (QED) is 0.813. The molecular formula is C14H17FN2O3S. The van der Waals surface area contributed by atoms with Crippen LogP contribution in [0.2, 0.25) is 0 Å². The number of hydrogen-bond donors (Lipinski definition) is 2. The van der Waals surface area contributed by atoms with Crippen molar-refractivity contribution in [1.82, 2.24) is 4.72 Å². The Kier molecular flexibility index (Phi) is 3.71. The van der Waals surface area contributed by atoms with Crippen LogP contribution in [0.5, 0.6) is 5.75 Å². The lowest BCUT2D eigenvalue weighted by molar-refractivity contribution is -0.117. The molecule has 3 rings (SSSR count). The number of benzene rings is 1. The number of aryl methyl sites for hydroxylation is 1. The zero-order chi connectivity index (χ0) is 15.1. The van der Waals surface area contributed by atoms with Gasteiger partial charge in [0.2, 0.25) is 0 Å². The van der Waals surface area contributed by atoms with Gasteiger partial charge in [0.15, 0.2) is 29.6 Å². The summed E-state index contributed by atoms with van der Waals surface area (Å²) in [6.07, 6.45) is 3.31. The summed E-state index contributed by atoms with van der Waals surface area (Å²) in [4.78, 5) is 11.3. The molecule has 7 heteroatoms. The number of rotatable bonds is 2. The van der Waals surface area contributed by atoms with Crippen LogP contribution in [0.1, 0.15) is 30.9 Å². The summed E-state index contributed by atoms with van der Waals surface area (Å²) in [5.41, 5.74) is 1.25. The van der Waals surface area contributed by atoms with Gasteiger partial charge >= 0.3 is 0 Å². The van der Waals surface area contributed by atoms with Crippen LogP contribution in [0.25, 0.3) is 0 Å².